The lowest BCUT2D eigenvalue weighted by Crippen LogP contribution is -2.63. The van der Waals surface area contributed by atoms with E-state index in [1.165, 1.54) is 9.87 Å². The monoisotopic (exact) mass is 569 g/mol. The molecule has 0 amide bonds. The summed E-state index contributed by atoms with van der Waals surface area (Å²) < 4.78 is 31.6. The molecule has 40 heavy (non-hydrogen) atoms. The van der Waals surface area contributed by atoms with Crippen LogP contribution in [0.1, 0.15) is 68.0 Å². The molecule has 10 nitrogen and oxygen atoms in total. The van der Waals surface area contributed by atoms with Gasteiger partial charge < -0.3 is 19.6 Å². The first-order chi connectivity index (χ1) is 19.0. The molecule has 2 aliphatic rings. The standard InChI is InChI=1S/C29H39N5O5S/c1-20(2)21-5-7-24(8-6-21)29(36,28(3)18-33(4)19-28)25-15-23(16-30-17-25)26-31-27(39-32-26)22-9-11-34(12-10-22)40(37,38)14-13-35/h5-8,15-17,20,22,35-36H,9-14,18-19H2,1-4H3. The van der Waals surface area contributed by atoms with Gasteiger partial charge in [-0.15, -0.1) is 0 Å². The summed E-state index contributed by atoms with van der Waals surface area (Å²) >= 11 is 0. The molecule has 3 aromatic rings. The molecule has 11 heteroatoms. The average molecular weight is 570 g/mol. The SMILES string of the molecule is CC(C)c1ccc(C(O)(c2cncc(-c3noc(C4CCN(S(=O)(=O)CCO)CC4)n3)c2)C2(C)CN(C)C2)cc1. The summed E-state index contributed by atoms with van der Waals surface area (Å²) in [6.07, 6.45) is 4.50. The highest BCUT2D eigenvalue weighted by Crippen LogP contribution is 2.50. The highest BCUT2D eigenvalue weighted by Gasteiger charge is 2.55. The first kappa shape index (κ1) is 28.8. The molecule has 0 saturated carbocycles. The van der Waals surface area contributed by atoms with Crippen molar-refractivity contribution in [1.82, 2.24) is 24.3 Å². The molecular formula is C29H39N5O5S. The third-order valence-electron chi connectivity index (χ3n) is 8.51. The lowest BCUT2D eigenvalue weighted by molar-refractivity contribution is -0.127. The number of benzene rings is 1. The number of sulfonamides is 1. The van der Waals surface area contributed by atoms with E-state index >= 15 is 0 Å². The van der Waals surface area contributed by atoms with Gasteiger partial charge in [-0.05, 0) is 43.0 Å². The number of pyridine rings is 1. The highest BCUT2D eigenvalue weighted by atomic mass is 32.2. The van der Waals surface area contributed by atoms with E-state index in [9.17, 15) is 13.5 Å². The van der Waals surface area contributed by atoms with Crippen molar-refractivity contribution in [3.05, 3.63) is 65.3 Å². The van der Waals surface area contributed by atoms with Crippen molar-refractivity contribution in [2.75, 3.05) is 45.6 Å². The zero-order chi connectivity index (χ0) is 28.7. The summed E-state index contributed by atoms with van der Waals surface area (Å²) in [6.45, 7) is 8.18. The van der Waals surface area contributed by atoms with E-state index in [1.54, 1.807) is 12.4 Å². The third-order valence-corrected chi connectivity index (χ3v) is 10.4. The number of piperidine rings is 1. The summed E-state index contributed by atoms with van der Waals surface area (Å²) in [5.41, 5.74) is 1.65. The Hall–Kier alpha value is -2.70. The van der Waals surface area contributed by atoms with Gasteiger partial charge in [0.25, 0.3) is 0 Å². The molecule has 216 valence electrons. The Bertz CT molecular complexity index is 1430. The number of aliphatic hydroxyl groups excluding tert-OH is 1. The number of likely N-dealkylation sites (tertiary alicyclic amines) is 1. The van der Waals surface area contributed by atoms with Gasteiger partial charge in [0.2, 0.25) is 21.7 Å². The minimum Gasteiger partial charge on any atom is -0.395 e. The zero-order valence-electron chi connectivity index (χ0n) is 23.6. The Labute approximate surface area is 236 Å². The second-order valence-corrected chi connectivity index (χ2v) is 13.9. The molecule has 2 N–H and O–H groups in total. The Balaban J connectivity index is 1.41. The molecule has 2 fully saturated rings. The second kappa shape index (κ2) is 10.9. The fourth-order valence-corrected chi connectivity index (χ4v) is 7.51. The maximum absolute atomic E-state index is 12.5. The van der Waals surface area contributed by atoms with Crippen LogP contribution in [-0.2, 0) is 15.6 Å². The van der Waals surface area contributed by atoms with Crippen molar-refractivity contribution in [2.45, 2.75) is 51.0 Å². The molecular weight excluding hydrogens is 530 g/mol. The third kappa shape index (κ3) is 5.21. The maximum atomic E-state index is 12.5. The van der Waals surface area contributed by atoms with E-state index in [-0.39, 0.29) is 11.7 Å². The van der Waals surface area contributed by atoms with Crippen LogP contribution in [0.15, 0.2) is 47.2 Å². The summed E-state index contributed by atoms with van der Waals surface area (Å²) in [5, 5.41) is 25.8. The van der Waals surface area contributed by atoms with Gasteiger partial charge in [-0.1, -0.05) is 50.2 Å². The van der Waals surface area contributed by atoms with Crippen LogP contribution in [0.4, 0.5) is 0 Å². The van der Waals surface area contributed by atoms with Crippen molar-refractivity contribution in [2.24, 2.45) is 5.41 Å². The van der Waals surface area contributed by atoms with Crippen LogP contribution < -0.4 is 0 Å². The first-order valence-electron chi connectivity index (χ1n) is 13.9. The van der Waals surface area contributed by atoms with E-state index in [1.807, 2.05) is 25.2 Å². The fraction of sp³-hybridized carbons (Fsp3) is 0.552. The molecule has 1 atom stereocenters. The number of hydrogen-bond acceptors (Lipinski definition) is 9. The summed E-state index contributed by atoms with van der Waals surface area (Å²) in [7, 11) is -1.41. The molecule has 2 saturated heterocycles. The summed E-state index contributed by atoms with van der Waals surface area (Å²) in [4.78, 5) is 11.3. The van der Waals surface area contributed by atoms with Crippen molar-refractivity contribution >= 4 is 10.0 Å². The number of rotatable bonds is 9. The number of hydrogen-bond donors (Lipinski definition) is 2. The Morgan fingerprint density at radius 3 is 2.40 bits per heavy atom. The second-order valence-electron chi connectivity index (χ2n) is 11.9. The van der Waals surface area contributed by atoms with Crippen LogP contribution in [-0.4, -0.2) is 88.5 Å². The minimum atomic E-state index is -3.46. The van der Waals surface area contributed by atoms with Crippen LogP contribution in [0.5, 0.6) is 0 Å². The van der Waals surface area contributed by atoms with Crippen LogP contribution >= 0.6 is 0 Å². The molecule has 1 aromatic carbocycles. The Kier molecular flexibility index (Phi) is 7.88. The van der Waals surface area contributed by atoms with Crippen molar-refractivity contribution in [3.63, 3.8) is 0 Å². The van der Waals surface area contributed by atoms with Crippen molar-refractivity contribution < 1.29 is 23.2 Å². The van der Waals surface area contributed by atoms with Crippen LogP contribution in [0.3, 0.4) is 0 Å². The van der Waals surface area contributed by atoms with E-state index in [2.05, 4.69) is 52.9 Å². The van der Waals surface area contributed by atoms with Crippen molar-refractivity contribution in [1.29, 1.82) is 0 Å². The topological polar surface area (TPSA) is 133 Å². The average Bonchev–Trinajstić information content (AvgIpc) is 3.42. The first-order valence-corrected chi connectivity index (χ1v) is 15.5. The molecule has 0 spiro atoms. The molecule has 5 rings (SSSR count). The van der Waals surface area contributed by atoms with Gasteiger partial charge in [0.1, 0.15) is 5.60 Å². The largest absolute Gasteiger partial charge is 0.395 e. The number of nitrogens with zero attached hydrogens (tertiary/aromatic N) is 5. The molecule has 1 unspecified atom stereocenters. The molecule has 0 radical (unpaired) electrons. The van der Waals surface area contributed by atoms with E-state index in [4.69, 9.17) is 9.63 Å². The zero-order valence-corrected chi connectivity index (χ0v) is 24.4. The minimum absolute atomic E-state index is 0.0567. The van der Waals surface area contributed by atoms with Gasteiger partial charge in [-0.2, -0.15) is 4.98 Å². The predicted molar refractivity (Wildman–Crippen MR) is 151 cm³/mol. The van der Waals surface area contributed by atoms with Gasteiger partial charge in [0, 0.05) is 61.0 Å². The molecule has 2 aromatic heterocycles. The predicted octanol–water partition coefficient (Wildman–Crippen LogP) is 2.94. The van der Waals surface area contributed by atoms with Crippen LogP contribution in [0, 0.1) is 5.41 Å². The van der Waals surface area contributed by atoms with Crippen LogP contribution in [0.2, 0.25) is 0 Å². The van der Waals surface area contributed by atoms with Gasteiger partial charge in [0.05, 0.1) is 12.4 Å². The molecule has 0 aliphatic carbocycles. The smallest absolute Gasteiger partial charge is 0.230 e. The molecule has 0 bridgehead atoms. The lowest BCUT2D eigenvalue weighted by Gasteiger charge is -2.55. The van der Waals surface area contributed by atoms with Gasteiger partial charge >= 0.3 is 0 Å². The highest BCUT2D eigenvalue weighted by molar-refractivity contribution is 7.89. The Morgan fingerprint density at radius 1 is 1.12 bits per heavy atom. The van der Waals surface area contributed by atoms with Crippen LogP contribution in [0.25, 0.3) is 11.4 Å². The van der Waals surface area contributed by atoms with E-state index < -0.39 is 27.6 Å². The number of aliphatic hydroxyl groups is 2. The summed E-state index contributed by atoms with van der Waals surface area (Å²) in [5.74, 6) is 0.913. The maximum Gasteiger partial charge on any atom is 0.230 e. The normalized spacial score (nSPS) is 20.4. The summed E-state index contributed by atoms with van der Waals surface area (Å²) in [6, 6.07) is 10.1. The molecule has 2 aliphatic heterocycles. The van der Waals surface area contributed by atoms with Gasteiger partial charge in [-0.25, -0.2) is 12.7 Å². The van der Waals surface area contributed by atoms with E-state index in [0.29, 0.717) is 54.7 Å². The van der Waals surface area contributed by atoms with E-state index in [0.717, 1.165) is 18.7 Å². The molecule has 4 heterocycles. The van der Waals surface area contributed by atoms with Crippen molar-refractivity contribution in [3.8, 4) is 11.4 Å². The van der Waals surface area contributed by atoms with Gasteiger partial charge in [0.15, 0.2) is 0 Å². The lowest BCUT2D eigenvalue weighted by atomic mass is 9.62. The Morgan fingerprint density at radius 2 is 1.80 bits per heavy atom. The number of aromatic nitrogens is 3. The van der Waals surface area contributed by atoms with Gasteiger partial charge in [-0.3, -0.25) is 4.98 Å². The quantitative estimate of drug-likeness (QED) is 0.399. The fourth-order valence-electron chi connectivity index (χ4n) is 6.25.